The number of primary amides is 1. The van der Waals surface area contributed by atoms with E-state index in [1.54, 1.807) is 17.0 Å². The predicted molar refractivity (Wildman–Crippen MR) is 155 cm³/mol. The van der Waals surface area contributed by atoms with E-state index in [0.29, 0.717) is 24.4 Å². The number of piperazine rings is 1. The number of hydrogen-bond acceptors (Lipinski definition) is 5. The van der Waals surface area contributed by atoms with Crippen molar-refractivity contribution in [2.45, 2.75) is 88.8 Å². The Hall–Kier alpha value is -3.30. The summed E-state index contributed by atoms with van der Waals surface area (Å²) in [5.41, 5.74) is 7.23. The topological polar surface area (TPSA) is 128 Å². The van der Waals surface area contributed by atoms with Gasteiger partial charge in [-0.3, -0.25) is 14.4 Å². The molecule has 5 amide bonds. The van der Waals surface area contributed by atoms with Crippen LogP contribution in [-0.4, -0.2) is 85.4 Å². The summed E-state index contributed by atoms with van der Waals surface area (Å²) in [6.07, 6.45) is 11.1. The molecular weight excluding hydrogens is 508 g/mol. The molecule has 2 aliphatic carbocycles. The van der Waals surface area contributed by atoms with E-state index in [1.807, 2.05) is 31.1 Å². The second-order valence-corrected chi connectivity index (χ2v) is 11.9. The molecule has 3 aliphatic rings. The Kier molecular flexibility index (Phi) is 10.3. The predicted octanol–water partition coefficient (Wildman–Crippen LogP) is 2.86. The number of benzene rings is 1. The van der Waals surface area contributed by atoms with Crippen LogP contribution in [0.1, 0.15) is 81.0 Å². The average Bonchev–Trinajstić information content (AvgIpc) is 2.97. The van der Waals surface area contributed by atoms with Gasteiger partial charge in [0.05, 0.1) is 6.54 Å². The van der Waals surface area contributed by atoms with Crippen molar-refractivity contribution in [2.75, 3.05) is 38.6 Å². The molecule has 4 N–H and O–H groups in total. The number of hydrogen-bond donors (Lipinski definition) is 3. The molecule has 1 aliphatic heterocycles. The Bertz CT molecular complexity index is 1030. The third kappa shape index (κ3) is 7.67. The molecule has 1 aromatic rings. The quantitative estimate of drug-likeness (QED) is 0.455. The molecule has 0 bridgehead atoms. The van der Waals surface area contributed by atoms with E-state index < -0.39 is 23.9 Å². The van der Waals surface area contributed by atoms with Crippen LogP contribution in [0.15, 0.2) is 24.3 Å². The Balaban J connectivity index is 1.49. The minimum absolute atomic E-state index is 0.0487. The molecule has 2 unspecified atom stereocenters. The van der Waals surface area contributed by atoms with Crippen molar-refractivity contribution in [2.24, 2.45) is 11.7 Å². The fourth-order valence-corrected chi connectivity index (χ4v) is 6.29. The Morgan fingerprint density at radius 2 is 1.55 bits per heavy atom. The van der Waals surface area contributed by atoms with Crippen LogP contribution in [0.2, 0.25) is 0 Å². The lowest BCUT2D eigenvalue weighted by Crippen LogP contribution is -2.65. The molecule has 220 valence electrons. The molecule has 2 atom stereocenters. The molecule has 10 nitrogen and oxygen atoms in total. The van der Waals surface area contributed by atoms with Gasteiger partial charge in [0, 0.05) is 44.5 Å². The second-order valence-electron chi connectivity index (χ2n) is 11.9. The van der Waals surface area contributed by atoms with E-state index in [2.05, 4.69) is 10.6 Å². The summed E-state index contributed by atoms with van der Waals surface area (Å²) in [4.78, 5) is 58.0. The van der Waals surface area contributed by atoms with Gasteiger partial charge in [-0.25, -0.2) is 4.79 Å². The van der Waals surface area contributed by atoms with Crippen LogP contribution in [0.3, 0.4) is 0 Å². The molecule has 0 spiro atoms. The van der Waals surface area contributed by atoms with Crippen molar-refractivity contribution in [3.05, 3.63) is 29.8 Å². The first-order valence-corrected chi connectivity index (χ1v) is 15.0. The number of anilines is 1. The van der Waals surface area contributed by atoms with Gasteiger partial charge in [0.25, 0.3) is 5.91 Å². The SMILES string of the molecule is CN(C)c1ccc(C(=O)N2CCN(C(=O)NC3CCCCC3)C(C(=O)NC(CC3CCCCC3)C(N)=O)C2)cc1. The normalized spacial score (nSPS) is 21.4. The van der Waals surface area contributed by atoms with Crippen LogP contribution in [0.25, 0.3) is 0 Å². The van der Waals surface area contributed by atoms with Crippen LogP contribution in [0, 0.1) is 5.92 Å². The number of amides is 5. The number of nitrogens with two attached hydrogens (primary N) is 1. The van der Waals surface area contributed by atoms with Crippen molar-refractivity contribution in [1.82, 2.24) is 20.4 Å². The number of urea groups is 1. The Morgan fingerprint density at radius 3 is 2.15 bits per heavy atom. The molecule has 0 radical (unpaired) electrons. The molecule has 1 heterocycles. The number of carbonyl (C=O) groups excluding carboxylic acids is 4. The standard InChI is InChI=1S/C30H46N6O4/c1-34(2)24-15-13-22(14-16-24)29(39)35-17-18-36(30(40)32-23-11-7-4-8-12-23)26(20-35)28(38)33-25(27(31)37)19-21-9-5-3-6-10-21/h13-16,21,23,25-26H,3-12,17-20H2,1-2H3,(H2,31,37)(H,32,40)(H,33,38). The van der Waals surface area contributed by atoms with Gasteiger partial charge in [0.2, 0.25) is 11.8 Å². The zero-order valence-electron chi connectivity index (χ0n) is 24.1. The van der Waals surface area contributed by atoms with Crippen molar-refractivity contribution < 1.29 is 19.2 Å². The van der Waals surface area contributed by atoms with Crippen LogP contribution < -0.4 is 21.3 Å². The summed E-state index contributed by atoms with van der Waals surface area (Å²) in [6.45, 7) is 0.590. The van der Waals surface area contributed by atoms with Gasteiger partial charge in [0.15, 0.2) is 0 Å². The van der Waals surface area contributed by atoms with Crippen LogP contribution in [-0.2, 0) is 9.59 Å². The Morgan fingerprint density at radius 1 is 0.925 bits per heavy atom. The molecule has 1 aromatic carbocycles. The van der Waals surface area contributed by atoms with Crippen LogP contribution >= 0.6 is 0 Å². The maximum atomic E-state index is 13.7. The lowest BCUT2D eigenvalue weighted by atomic mass is 9.84. The molecule has 4 rings (SSSR count). The maximum absolute atomic E-state index is 13.7. The maximum Gasteiger partial charge on any atom is 0.318 e. The Labute approximate surface area is 238 Å². The summed E-state index contributed by atoms with van der Waals surface area (Å²) in [6, 6.07) is 5.40. The summed E-state index contributed by atoms with van der Waals surface area (Å²) in [7, 11) is 3.87. The average molecular weight is 555 g/mol. The summed E-state index contributed by atoms with van der Waals surface area (Å²) in [5.74, 6) is -0.864. The van der Waals surface area contributed by atoms with Gasteiger partial charge in [0.1, 0.15) is 12.1 Å². The highest BCUT2D eigenvalue weighted by molar-refractivity contribution is 5.96. The molecule has 10 heteroatoms. The molecule has 3 fully saturated rings. The van der Waals surface area contributed by atoms with Gasteiger partial charge in [-0.05, 0) is 49.4 Å². The highest BCUT2D eigenvalue weighted by Crippen LogP contribution is 2.27. The van der Waals surface area contributed by atoms with Gasteiger partial charge in [-0.1, -0.05) is 51.4 Å². The van der Waals surface area contributed by atoms with Crippen molar-refractivity contribution >= 4 is 29.4 Å². The van der Waals surface area contributed by atoms with E-state index >= 15 is 0 Å². The monoisotopic (exact) mass is 554 g/mol. The highest BCUT2D eigenvalue weighted by atomic mass is 16.2. The first-order valence-electron chi connectivity index (χ1n) is 15.0. The fraction of sp³-hybridized carbons (Fsp3) is 0.667. The van der Waals surface area contributed by atoms with E-state index in [0.717, 1.165) is 57.1 Å². The van der Waals surface area contributed by atoms with Gasteiger partial charge < -0.3 is 31.1 Å². The minimum atomic E-state index is -0.921. The second kappa shape index (κ2) is 13.9. The number of rotatable bonds is 8. The molecule has 40 heavy (non-hydrogen) atoms. The van der Waals surface area contributed by atoms with Crippen LogP contribution in [0.5, 0.6) is 0 Å². The summed E-state index contributed by atoms with van der Waals surface area (Å²) in [5, 5.41) is 5.98. The van der Waals surface area contributed by atoms with E-state index in [9.17, 15) is 19.2 Å². The summed E-state index contributed by atoms with van der Waals surface area (Å²) >= 11 is 0. The lowest BCUT2D eigenvalue weighted by Gasteiger charge is -2.41. The van der Waals surface area contributed by atoms with Crippen molar-refractivity contribution in [3.8, 4) is 0 Å². The molecular formula is C30H46N6O4. The van der Waals surface area contributed by atoms with Gasteiger partial charge in [-0.2, -0.15) is 0 Å². The van der Waals surface area contributed by atoms with Crippen molar-refractivity contribution in [1.29, 1.82) is 0 Å². The molecule has 1 saturated heterocycles. The minimum Gasteiger partial charge on any atom is -0.378 e. The molecule has 0 aromatic heterocycles. The first-order chi connectivity index (χ1) is 19.2. The third-order valence-electron chi connectivity index (χ3n) is 8.75. The number of nitrogens with zero attached hydrogens (tertiary/aromatic N) is 3. The first kappa shape index (κ1) is 29.7. The van der Waals surface area contributed by atoms with E-state index in [-0.39, 0.29) is 31.1 Å². The van der Waals surface area contributed by atoms with E-state index in [1.165, 1.54) is 17.7 Å². The lowest BCUT2D eigenvalue weighted by molar-refractivity contribution is -0.131. The fourth-order valence-electron chi connectivity index (χ4n) is 6.29. The van der Waals surface area contributed by atoms with Gasteiger partial charge in [-0.15, -0.1) is 0 Å². The van der Waals surface area contributed by atoms with Crippen LogP contribution in [0.4, 0.5) is 10.5 Å². The molecule has 2 saturated carbocycles. The third-order valence-corrected chi connectivity index (χ3v) is 8.75. The van der Waals surface area contributed by atoms with Crippen molar-refractivity contribution in [3.63, 3.8) is 0 Å². The van der Waals surface area contributed by atoms with E-state index in [4.69, 9.17) is 5.73 Å². The zero-order valence-corrected chi connectivity index (χ0v) is 24.1. The summed E-state index contributed by atoms with van der Waals surface area (Å²) < 4.78 is 0. The number of nitrogens with one attached hydrogen (secondary N) is 2. The largest absolute Gasteiger partial charge is 0.378 e. The van der Waals surface area contributed by atoms with Gasteiger partial charge >= 0.3 is 6.03 Å². The smallest absolute Gasteiger partial charge is 0.318 e. The highest BCUT2D eigenvalue weighted by Gasteiger charge is 2.39. The zero-order chi connectivity index (χ0) is 28.6. The number of carbonyl (C=O) groups is 4.